The molecule has 0 aliphatic heterocycles. The Morgan fingerprint density at radius 2 is 1.91 bits per heavy atom. The van der Waals surface area contributed by atoms with Gasteiger partial charge in [0, 0.05) is 11.3 Å². The van der Waals surface area contributed by atoms with E-state index in [0.29, 0.717) is 17.2 Å². The van der Waals surface area contributed by atoms with Crippen LogP contribution in [0.15, 0.2) is 30.3 Å². The number of carbonyl (C=O) groups excluding carboxylic acids is 1. The molecule has 2 aromatic rings. The van der Waals surface area contributed by atoms with Crippen molar-refractivity contribution in [2.24, 2.45) is 0 Å². The number of halogens is 2. The first-order valence-electron chi connectivity index (χ1n) is 6.45. The zero-order valence-electron chi connectivity index (χ0n) is 12.4. The minimum Gasteiger partial charge on any atom is -0.493 e. The molecule has 0 saturated heterocycles. The summed E-state index contributed by atoms with van der Waals surface area (Å²) in [4.78, 5) is 12.3. The van der Waals surface area contributed by atoms with E-state index in [1.54, 1.807) is 13.0 Å². The lowest BCUT2D eigenvalue weighted by atomic mass is 10.1. The number of rotatable bonds is 4. The first-order valence-corrected chi connectivity index (χ1v) is 6.83. The monoisotopic (exact) mass is 323 g/mol. The molecule has 22 heavy (non-hydrogen) atoms. The maximum atomic E-state index is 13.3. The maximum absolute atomic E-state index is 13.3. The molecule has 0 unspecified atom stereocenters. The fraction of sp³-hybridized carbons (Fsp3) is 0.188. The summed E-state index contributed by atoms with van der Waals surface area (Å²) < 4.78 is 23.5. The molecule has 0 spiro atoms. The van der Waals surface area contributed by atoms with Gasteiger partial charge in [-0.3, -0.25) is 4.79 Å². The predicted molar refractivity (Wildman–Crippen MR) is 83.6 cm³/mol. The Morgan fingerprint density at radius 1 is 1.18 bits per heavy atom. The Hall–Kier alpha value is -2.27. The molecule has 0 saturated carbocycles. The van der Waals surface area contributed by atoms with E-state index >= 15 is 0 Å². The molecule has 4 nitrogen and oxygen atoms in total. The van der Waals surface area contributed by atoms with E-state index in [2.05, 4.69) is 5.32 Å². The fourth-order valence-corrected chi connectivity index (χ4v) is 2.26. The van der Waals surface area contributed by atoms with Crippen LogP contribution in [-0.4, -0.2) is 20.1 Å². The van der Waals surface area contributed by atoms with Crippen molar-refractivity contribution in [2.45, 2.75) is 6.92 Å². The first-order chi connectivity index (χ1) is 10.5. The van der Waals surface area contributed by atoms with Crippen LogP contribution in [0.2, 0.25) is 5.02 Å². The highest BCUT2D eigenvalue weighted by Crippen LogP contribution is 2.36. The Kier molecular flexibility index (Phi) is 4.88. The number of methoxy groups -OCH3 is 2. The molecule has 0 radical (unpaired) electrons. The summed E-state index contributed by atoms with van der Waals surface area (Å²) in [7, 11) is 2.91. The highest BCUT2D eigenvalue weighted by molar-refractivity contribution is 6.32. The topological polar surface area (TPSA) is 47.6 Å². The van der Waals surface area contributed by atoms with Crippen molar-refractivity contribution in [1.29, 1.82) is 0 Å². The van der Waals surface area contributed by atoms with E-state index in [4.69, 9.17) is 21.1 Å². The summed E-state index contributed by atoms with van der Waals surface area (Å²) in [5.41, 5.74) is 1.43. The number of aryl methyl sites for hydroxylation is 1. The van der Waals surface area contributed by atoms with E-state index < -0.39 is 11.7 Å². The zero-order chi connectivity index (χ0) is 16.3. The van der Waals surface area contributed by atoms with Crippen molar-refractivity contribution in [3.05, 3.63) is 52.3 Å². The van der Waals surface area contributed by atoms with Gasteiger partial charge in [0.1, 0.15) is 5.82 Å². The van der Waals surface area contributed by atoms with Crippen LogP contribution < -0.4 is 14.8 Å². The number of amides is 1. The first kappa shape index (κ1) is 16.1. The molecule has 2 rings (SSSR count). The third kappa shape index (κ3) is 3.31. The molecule has 6 heteroatoms. The highest BCUT2D eigenvalue weighted by atomic mass is 35.5. The molecule has 0 heterocycles. The molecule has 0 bridgehead atoms. The van der Waals surface area contributed by atoms with Gasteiger partial charge in [-0.1, -0.05) is 17.7 Å². The molecule has 2 aromatic carbocycles. The smallest absolute Gasteiger partial charge is 0.255 e. The van der Waals surface area contributed by atoms with Crippen LogP contribution in [0.25, 0.3) is 0 Å². The number of ether oxygens (including phenoxy) is 2. The molecule has 1 amide bonds. The van der Waals surface area contributed by atoms with E-state index in [9.17, 15) is 9.18 Å². The van der Waals surface area contributed by atoms with Gasteiger partial charge in [0.05, 0.1) is 19.2 Å². The van der Waals surface area contributed by atoms with Crippen LogP contribution in [0.5, 0.6) is 11.5 Å². The lowest BCUT2D eigenvalue weighted by Gasteiger charge is -2.13. The Labute approximate surface area is 132 Å². The lowest BCUT2D eigenvalue weighted by molar-refractivity contribution is 0.102. The van der Waals surface area contributed by atoms with E-state index in [1.807, 2.05) is 0 Å². The van der Waals surface area contributed by atoms with Crippen LogP contribution in [-0.2, 0) is 0 Å². The van der Waals surface area contributed by atoms with Gasteiger partial charge in [-0.15, -0.1) is 0 Å². The van der Waals surface area contributed by atoms with Gasteiger partial charge in [-0.25, -0.2) is 4.39 Å². The van der Waals surface area contributed by atoms with E-state index in [0.717, 1.165) is 5.56 Å². The third-order valence-corrected chi connectivity index (χ3v) is 3.42. The largest absolute Gasteiger partial charge is 0.493 e. The van der Waals surface area contributed by atoms with Crippen molar-refractivity contribution in [3.63, 3.8) is 0 Å². The molecule has 0 aromatic heterocycles. The van der Waals surface area contributed by atoms with Gasteiger partial charge >= 0.3 is 0 Å². The highest BCUT2D eigenvalue weighted by Gasteiger charge is 2.16. The van der Waals surface area contributed by atoms with Gasteiger partial charge in [-0.05, 0) is 36.8 Å². The van der Waals surface area contributed by atoms with Crippen LogP contribution in [0.4, 0.5) is 10.1 Å². The van der Waals surface area contributed by atoms with Crippen molar-refractivity contribution in [1.82, 2.24) is 0 Å². The van der Waals surface area contributed by atoms with Crippen molar-refractivity contribution >= 4 is 23.2 Å². The van der Waals surface area contributed by atoms with Crippen molar-refractivity contribution in [2.75, 3.05) is 19.5 Å². The fourth-order valence-electron chi connectivity index (χ4n) is 1.97. The second-order valence-electron chi connectivity index (χ2n) is 4.61. The molecular formula is C16H15ClFNO3. The average Bonchev–Trinajstić information content (AvgIpc) is 2.49. The van der Waals surface area contributed by atoms with Crippen LogP contribution in [0, 0.1) is 12.7 Å². The van der Waals surface area contributed by atoms with Crippen LogP contribution in [0.1, 0.15) is 15.9 Å². The Morgan fingerprint density at radius 3 is 2.55 bits per heavy atom. The molecule has 0 aliphatic rings. The summed E-state index contributed by atoms with van der Waals surface area (Å²) in [6.07, 6.45) is 0. The predicted octanol–water partition coefficient (Wildman–Crippen LogP) is 4.06. The lowest BCUT2D eigenvalue weighted by Crippen LogP contribution is -2.13. The van der Waals surface area contributed by atoms with Gasteiger partial charge in [-0.2, -0.15) is 0 Å². The van der Waals surface area contributed by atoms with Gasteiger partial charge in [0.2, 0.25) is 0 Å². The molecule has 0 aliphatic carbocycles. The quantitative estimate of drug-likeness (QED) is 0.923. The van der Waals surface area contributed by atoms with Crippen molar-refractivity contribution in [3.8, 4) is 11.5 Å². The summed E-state index contributed by atoms with van der Waals surface area (Å²) in [5, 5.41) is 2.90. The Bertz CT molecular complexity index is 719. The van der Waals surface area contributed by atoms with Gasteiger partial charge in [0.25, 0.3) is 5.91 Å². The standard InChI is InChI=1S/C16H15ClFNO3/c1-9-4-5-11(18)8-13(9)19-16(20)10-6-12(17)15(22-3)14(7-10)21-2/h4-8H,1-3H3,(H,19,20). The average molecular weight is 324 g/mol. The molecule has 0 atom stereocenters. The summed E-state index contributed by atoms with van der Waals surface area (Å²) in [6.45, 7) is 1.77. The second kappa shape index (κ2) is 6.66. The summed E-state index contributed by atoms with van der Waals surface area (Å²) in [5.74, 6) is -0.151. The Balaban J connectivity index is 2.34. The van der Waals surface area contributed by atoms with E-state index in [-0.39, 0.29) is 10.6 Å². The molecule has 1 N–H and O–H groups in total. The third-order valence-electron chi connectivity index (χ3n) is 3.14. The number of nitrogens with one attached hydrogen (secondary N) is 1. The van der Waals surface area contributed by atoms with Crippen molar-refractivity contribution < 1.29 is 18.7 Å². The molecule has 116 valence electrons. The summed E-state index contributed by atoms with van der Waals surface area (Å²) in [6, 6.07) is 7.15. The van der Waals surface area contributed by atoms with Crippen LogP contribution >= 0.6 is 11.6 Å². The number of benzene rings is 2. The number of carbonyl (C=O) groups is 1. The second-order valence-corrected chi connectivity index (χ2v) is 5.01. The zero-order valence-corrected chi connectivity index (χ0v) is 13.1. The minimum atomic E-state index is -0.425. The molecular weight excluding hydrogens is 309 g/mol. The van der Waals surface area contributed by atoms with Gasteiger partial charge < -0.3 is 14.8 Å². The minimum absolute atomic E-state index is 0.253. The van der Waals surface area contributed by atoms with E-state index in [1.165, 1.54) is 38.5 Å². The van der Waals surface area contributed by atoms with Crippen LogP contribution in [0.3, 0.4) is 0 Å². The number of hydrogen-bond acceptors (Lipinski definition) is 3. The van der Waals surface area contributed by atoms with Gasteiger partial charge in [0.15, 0.2) is 11.5 Å². The normalized spacial score (nSPS) is 10.2. The summed E-state index contributed by atoms with van der Waals surface area (Å²) >= 11 is 6.07. The number of hydrogen-bond donors (Lipinski definition) is 1. The number of anilines is 1. The maximum Gasteiger partial charge on any atom is 0.255 e. The molecule has 0 fully saturated rings. The SMILES string of the molecule is COc1cc(C(=O)Nc2cc(F)ccc2C)cc(Cl)c1OC.